The highest BCUT2D eigenvalue weighted by Crippen LogP contribution is 2.29. The maximum Gasteiger partial charge on any atom is 0.236 e. The van der Waals surface area contributed by atoms with E-state index in [0.717, 1.165) is 37.2 Å². The third-order valence-corrected chi connectivity index (χ3v) is 6.04. The van der Waals surface area contributed by atoms with Crippen LogP contribution in [0.1, 0.15) is 45.6 Å². The molecule has 0 radical (unpaired) electrons. The topological polar surface area (TPSA) is 61.9 Å². The molecule has 1 saturated heterocycles. The lowest BCUT2D eigenvalue weighted by Gasteiger charge is -2.38. The van der Waals surface area contributed by atoms with Gasteiger partial charge in [0.2, 0.25) is 11.8 Å². The number of rotatable bonds is 5. The Labute approximate surface area is 186 Å². The minimum Gasteiger partial charge on any atom is -0.489 e. The molecule has 1 aromatic rings. The first-order valence-corrected chi connectivity index (χ1v) is 11.6. The van der Waals surface area contributed by atoms with E-state index in [0.29, 0.717) is 32.7 Å². The largest absolute Gasteiger partial charge is 0.489 e. The van der Waals surface area contributed by atoms with Gasteiger partial charge < -0.3 is 15.0 Å². The number of fused-ring (bicyclic) bond motifs is 3. The summed E-state index contributed by atoms with van der Waals surface area (Å²) in [4.78, 5) is 29.7. The first kappa shape index (κ1) is 23.3. The Balaban J connectivity index is 1.79. The molecule has 170 valence electrons. The fraction of sp³-hybridized carbons (Fsp3) is 0.600. The zero-order valence-corrected chi connectivity index (χ0v) is 19.2. The number of para-hydroxylation sites is 1. The van der Waals surface area contributed by atoms with Crippen LogP contribution in [0.25, 0.3) is 0 Å². The van der Waals surface area contributed by atoms with Crippen molar-refractivity contribution in [3.05, 3.63) is 42.0 Å². The van der Waals surface area contributed by atoms with Gasteiger partial charge in [-0.05, 0) is 51.1 Å². The summed E-state index contributed by atoms with van der Waals surface area (Å²) in [5.74, 6) is 1.54. The van der Waals surface area contributed by atoms with Crippen LogP contribution in [-0.4, -0.2) is 60.4 Å². The maximum absolute atomic E-state index is 13.1. The van der Waals surface area contributed by atoms with Gasteiger partial charge >= 0.3 is 0 Å². The number of hydrogen-bond acceptors (Lipinski definition) is 4. The highest BCUT2D eigenvalue weighted by Gasteiger charge is 2.32. The summed E-state index contributed by atoms with van der Waals surface area (Å²) in [5.41, 5.74) is 1.11. The molecule has 0 unspecified atom stereocenters. The van der Waals surface area contributed by atoms with Crippen LogP contribution in [0.4, 0.5) is 0 Å². The number of carbonyl (C=O) groups is 2. The molecule has 0 saturated carbocycles. The summed E-state index contributed by atoms with van der Waals surface area (Å²) in [6.07, 6.45) is 6.54. The molecule has 2 bridgehead atoms. The van der Waals surface area contributed by atoms with Crippen molar-refractivity contribution in [1.82, 2.24) is 15.1 Å². The molecule has 0 spiro atoms. The van der Waals surface area contributed by atoms with Crippen LogP contribution >= 0.6 is 0 Å². The number of hydrogen-bond donors (Lipinski definition) is 1. The average molecular weight is 428 g/mol. The molecule has 0 aromatic heterocycles. The molecule has 2 heterocycles. The van der Waals surface area contributed by atoms with Crippen molar-refractivity contribution in [3.63, 3.8) is 0 Å². The van der Waals surface area contributed by atoms with Crippen molar-refractivity contribution >= 4 is 11.8 Å². The lowest BCUT2D eigenvalue weighted by molar-refractivity contribution is -0.135. The molecule has 1 N–H and O–H groups in total. The summed E-state index contributed by atoms with van der Waals surface area (Å²) < 4.78 is 6.07. The molecule has 6 heteroatoms. The van der Waals surface area contributed by atoms with Gasteiger partial charge in [-0.15, -0.1) is 0 Å². The molecule has 31 heavy (non-hydrogen) atoms. The highest BCUT2D eigenvalue weighted by atomic mass is 16.5. The molecular weight excluding hydrogens is 390 g/mol. The maximum atomic E-state index is 13.1. The zero-order chi connectivity index (χ0) is 22.2. The Morgan fingerprint density at radius 3 is 2.84 bits per heavy atom. The number of piperidine rings is 1. The normalized spacial score (nSPS) is 23.7. The van der Waals surface area contributed by atoms with E-state index in [1.807, 2.05) is 43.0 Å². The molecule has 3 rings (SSSR count). The van der Waals surface area contributed by atoms with E-state index in [1.54, 1.807) is 0 Å². The average Bonchev–Trinajstić information content (AvgIpc) is 2.73. The van der Waals surface area contributed by atoms with Gasteiger partial charge in [-0.3, -0.25) is 14.5 Å². The third kappa shape index (κ3) is 6.82. The van der Waals surface area contributed by atoms with Crippen LogP contribution in [0.5, 0.6) is 5.75 Å². The summed E-state index contributed by atoms with van der Waals surface area (Å²) in [7, 11) is 0. The predicted molar refractivity (Wildman–Crippen MR) is 123 cm³/mol. The van der Waals surface area contributed by atoms with Crippen LogP contribution in [0, 0.1) is 11.8 Å². The van der Waals surface area contributed by atoms with Crippen LogP contribution < -0.4 is 10.1 Å². The Bertz CT molecular complexity index is 777. The number of ether oxygens (including phenoxy) is 1. The second kappa shape index (κ2) is 11.3. The van der Waals surface area contributed by atoms with Crippen LogP contribution in [0.2, 0.25) is 0 Å². The molecule has 0 aliphatic carbocycles. The molecule has 2 aliphatic heterocycles. The van der Waals surface area contributed by atoms with Crippen molar-refractivity contribution < 1.29 is 14.3 Å². The van der Waals surface area contributed by atoms with Crippen LogP contribution in [0.3, 0.4) is 0 Å². The number of amides is 2. The van der Waals surface area contributed by atoms with Crippen LogP contribution in [-0.2, 0) is 16.1 Å². The first-order valence-electron chi connectivity index (χ1n) is 11.6. The lowest BCUT2D eigenvalue weighted by Crippen LogP contribution is -2.48. The Kier molecular flexibility index (Phi) is 8.52. The van der Waals surface area contributed by atoms with E-state index < -0.39 is 0 Å². The van der Waals surface area contributed by atoms with E-state index in [4.69, 9.17) is 4.74 Å². The SMILES string of the molecule is CCCN1CC(=O)N2CC[C@@H](CC(=O)NC(C)C)[C@@H](/C=C\COc3ccccc3C1)C2. The summed E-state index contributed by atoms with van der Waals surface area (Å²) >= 11 is 0. The van der Waals surface area contributed by atoms with Crippen molar-refractivity contribution in [2.45, 2.75) is 52.6 Å². The summed E-state index contributed by atoms with van der Waals surface area (Å²) in [5, 5.41) is 3.01. The predicted octanol–water partition coefficient (Wildman–Crippen LogP) is 3.23. The van der Waals surface area contributed by atoms with Crippen molar-refractivity contribution in [1.29, 1.82) is 0 Å². The molecule has 2 atom stereocenters. The lowest BCUT2D eigenvalue weighted by atomic mass is 9.82. The van der Waals surface area contributed by atoms with E-state index in [1.165, 1.54) is 0 Å². The first-order chi connectivity index (χ1) is 15.0. The van der Waals surface area contributed by atoms with Crippen molar-refractivity contribution in [2.75, 3.05) is 32.8 Å². The van der Waals surface area contributed by atoms with Crippen molar-refractivity contribution in [3.8, 4) is 5.75 Å². The van der Waals surface area contributed by atoms with Gasteiger partial charge in [0, 0.05) is 37.7 Å². The molecule has 2 amide bonds. The molecular formula is C25H37N3O3. The standard InChI is InChI=1S/C25H37N3O3/c1-4-12-27-16-22-8-5-6-10-23(22)31-14-7-9-21-17-28(25(30)18-27)13-11-20(21)15-24(29)26-19(2)3/h5-10,19-21H,4,11-18H2,1-3H3,(H,26,29)/b9-7-/t20-,21-/m0/s1. The van der Waals surface area contributed by atoms with Gasteiger partial charge in [0.1, 0.15) is 12.4 Å². The fourth-order valence-electron chi connectivity index (χ4n) is 4.55. The van der Waals surface area contributed by atoms with Gasteiger partial charge in [-0.25, -0.2) is 0 Å². The minimum atomic E-state index is 0.0930. The van der Waals surface area contributed by atoms with E-state index in [2.05, 4.69) is 29.3 Å². The van der Waals surface area contributed by atoms with Gasteiger partial charge in [0.25, 0.3) is 0 Å². The van der Waals surface area contributed by atoms with E-state index in [9.17, 15) is 9.59 Å². The Hall–Kier alpha value is -2.34. The number of carbonyl (C=O) groups excluding carboxylic acids is 2. The quantitative estimate of drug-likeness (QED) is 0.733. The van der Waals surface area contributed by atoms with Crippen molar-refractivity contribution in [2.24, 2.45) is 11.8 Å². The summed E-state index contributed by atoms with van der Waals surface area (Å²) in [6.45, 7) is 9.96. The van der Waals surface area contributed by atoms with Gasteiger partial charge in [-0.1, -0.05) is 37.3 Å². The third-order valence-electron chi connectivity index (χ3n) is 6.04. The summed E-state index contributed by atoms with van der Waals surface area (Å²) in [6, 6.07) is 8.22. The molecule has 6 nitrogen and oxygen atoms in total. The molecule has 2 aliphatic rings. The zero-order valence-electron chi connectivity index (χ0n) is 19.2. The number of nitrogens with zero attached hydrogens (tertiary/aromatic N) is 2. The molecule has 1 fully saturated rings. The van der Waals surface area contributed by atoms with E-state index >= 15 is 0 Å². The number of nitrogens with one attached hydrogen (secondary N) is 1. The van der Waals surface area contributed by atoms with Gasteiger partial charge in [0.15, 0.2) is 0 Å². The second-order valence-electron chi connectivity index (χ2n) is 9.04. The van der Waals surface area contributed by atoms with Gasteiger partial charge in [0.05, 0.1) is 6.54 Å². The smallest absolute Gasteiger partial charge is 0.236 e. The molecule has 1 aromatic carbocycles. The monoisotopic (exact) mass is 427 g/mol. The minimum absolute atomic E-state index is 0.0930. The van der Waals surface area contributed by atoms with Gasteiger partial charge in [-0.2, -0.15) is 0 Å². The highest BCUT2D eigenvalue weighted by molar-refractivity contribution is 5.79. The Morgan fingerprint density at radius 1 is 1.26 bits per heavy atom. The van der Waals surface area contributed by atoms with Crippen LogP contribution in [0.15, 0.2) is 36.4 Å². The fourth-order valence-corrected chi connectivity index (χ4v) is 4.55. The van der Waals surface area contributed by atoms with E-state index in [-0.39, 0.29) is 29.7 Å². The second-order valence-corrected chi connectivity index (χ2v) is 9.04. The Morgan fingerprint density at radius 2 is 2.06 bits per heavy atom. The number of benzene rings is 1.